The molecule has 1 aromatic carbocycles. The molecule has 7 rings (SSSR count). The second-order valence-corrected chi connectivity index (χ2v) is 10.1. The highest BCUT2D eigenvalue weighted by Crippen LogP contribution is 2.43. The predicted molar refractivity (Wildman–Crippen MR) is 128 cm³/mol. The minimum atomic E-state index is -0.0583. The van der Waals surface area contributed by atoms with Gasteiger partial charge in [-0.1, -0.05) is 0 Å². The van der Waals surface area contributed by atoms with Crippen molar-refractivity contribution in [2.24, 2.45) is 0 Å². The van der Waals surface area contributed by atoms with Gasteiger partial charge in [0.15, 0.2) is 0 Å². The number of methoxy groups -OCH3 is 1. The molecular weight excluding hydrogens is 430 g/mol. The van der Waals surface area contributed by atoms with E-state index in [-0.39, 0.29) is 5.56 Å². The first kappa shape index (κ1) is 20.4. The molecule has 4 aliphatic rings. The Morgan fingerprint density at radius 1 is 1.29 bits per heavy atom. The number of H-pyrrole nitrogens is 1. The molecule has 8 heteroatoms. The van der Waals surface area contributed by atoms with Crippen molar-refractivity contribution in [2.45, 2.75) is 56.8 Å². The summed E-state index contributed by atoms with van der Waals surface area (Å²) in [5.74, 6) is 1.83. The molecule has 2 saturated heterocycles. The van der Waals surface area contributed by atoms with Gasteiger partial charge in [-0.25, -0.2) is 4.98 Å². The Kier molecular flexibility index (Phi) is 4.67. The number of pyridine rings is 1. The van der Waals surface area contributed by atoms with E-state index in [0.29, 0.717) is 41.5 Å². The molecule has 8 nitrogen and oxygen atoms in total. The summed E-state index contributed by atoms with van der Waals surface area (Å²) < 4.78 is 11.3. The fraction of sp³-hybridized carbons (Fsp3) is 0.500. The number of ether oxygens (including phenoxy) is 2. The Morgan fingerprint density at radius 2 is 2.21 bits per heavy atom. The maximum absolute atomic E-state index is 13.2. The SMILES string of the molecule is COc1cc(C2CC2)c2c(=O)[nH]c(N3CCc4c(ccnc4CN4CC5C[C@H]4CO5)C3)nc2c1. The number of aromatic nitrogens is 3. The van der Waals surface area contributed by atoms with Gasteiger partial charge < -0.3 is 14.4 Å². The number of benzene rings is 1. The molecule has 3 fully saturated rings. The molecule has 1 unspecified atom stereocenters. The highest BCUT2D eigenvalue weighted by Gasteiger charge is 2.39. The van der Waals surface area contributed by atoms with Crippen LogP contribution in [0.3, 0.4) is 0 Å². The lowest BCUT2D eigenvalue weighted by Crippen LogP contribution is -2.38. The molecule has 2 aromatic heterocycles. The molecule has 0 amide bonds. The molecule has 2 bridgehead atoms. The highest BCUT2D eigenvalue weighted by molar-refractivity contribution is 5.85. The zero-order valence-corrected chi connectivity index (χ0v) is 19.4. The van der Waals surface area contributed by atoms with Gasteiger partial charge >= 0.3 is 0 Å². The normalized spacial score (nSPS) is 24.1. The lowest BCUT2D eigenvalue weighted by atomic mass is 9.98. The largest absolute Gasteiger partial charge is 0.497 e. The van der Waals surface area contributed by atoms with Crippen LogP contribution >= 0.6 is 0 Å². The summed E-state index contributed by atoms with van der Waals surface area (Å²) in [4.78, 5) is 30.6. The van der Waals surface area contributed by atoms with Crippen LogP contribution in [-0.2, 0) is 24.2 Å². The number of aromatic amines is 1. The molecule has 1 aliphatic carbocycles. The Bertz CT molecular complexity index is 1330. The third-order valence-electron chi connectivity index (χ3n) is 7.95. The molecule has 1 N–H and O–H groups in total. The van der Waals surface area contributed by atoms with E-state index >= 15 is 0 Å². The van der Waals surface area contributed by atoms with E-state index in [1.807, 2.05) is 18.3 Å². The molecule has 3 aromatic rings. The van der Waals surface area contributed by atoms with Crippen molar-refractivity contribution >= 4 is 16.9 Å². The first-order valence-electron chi connectivity index (χ1n) is 12.3. The van der Waals surface area contributed by atoms with E-state index in [1.54, 1.807) is 7.11 Å². The maximum atomic E-state index is 13.2. The zero-order chi connectivity index (χ0) is 22.8. The average molecular weight is 460 g/mol. The zero-order valence-electron chi connectivity index (χ0n) is 19.4. The number of morpholine rings is 1. The molecule has 1 saturated carbocycles. The highest BCUT2D eigenvalue weighted by atomic mass is 16.5. The monoisotopic (exact) mass is 459 g/mol. The molecule has 3 aliphatic heterocycles. The van der Waals surface area contributed by atoms with Crippen LogP contribution in [0.5, 0.6) is 5.75 Å². The Labute approximate surface area is 197 Å². The summed E-state index contributed by atoms with van der Waals surface area (Å²) >= 11 is 0. The van der Waals surface area contributed by atoms with Gasteiger partial charge in [-0.2, -0.15) is 0 Å². The quantitative estimate of drug-likeness (QED) is 0.628. The van der Waals surface area contributed by atoms with E-state index in [2.05, 4.69) is 20.9 Å². The summed E-state index contributed by atoms with van der Waals surface area (Å²) in [6.45, 7) is 4.27. The number of nitrogens with one attached hydrogen (secondary N) is 1. The molecular formula is C26H29N5O3. The van der Waals surface area contributed by atoms with E-state index < -0.39 is 0 Å². The van der Waals surface area contributed by atoms with E-state index in [4.69, 9.17) is 19.4 Å². The molecule has 2 atom stereocenters. The first-order chi connectivity index (χ1) is 16.7. The van der Waals surface area contributed by atoms with Gasteiger partial charge in [-0.05, 0) is 60.4 Å². The van der Waals surface area contributed by atoms with Crippen molar-refractivity contribution in [2.75, 3.05) is 31.7 Å². The fourth-order valence-electron chi connectivity index (χ4n) is 6.00. The number of likely N-dealkylation sites (tertiary alicyclic amines) is 1. The van der Waals surface area contributed by atoms with Crippen LogP contribution in [0, 0.1) is 0 Å². The van der Waals surface area contributed by atoms with E-state index in [1.165, 1.54) is 16.8 Å². The standard InChI is InChI=1S/C26H29N5O3/c1-33-18-9-21(15-2-3-15)24-22(10-18)28-26(29-25(24)32)30-7-5-20-16(11-30)4-6-27-23(20)13-31-12-19-8-17(31)14-34-19/h4,6,9-10,15,17,19H,2-3,5,7-8,11-14H2,1H3,(H,28,29,32)/t17-,19?/m0/s1. The van der Waals surface area contributed by atoms with Gasteiger partial charge in [0.25, 0.3) is 5.56 Å². The second-order valence-electron chi connectivity index (χ2n) is 10.1. The first-order valence-corrected chi connectivity index (χ1v) is 12.3. The van der Waals surface area contributed by atoms with Gasteiger partial charge in [0.05, 0.1) is 36.4 Å². The fourth-order valence-corrected chi connectivity index (χ4v) is 6.00. The van der Waals surface area contributed by atoms with Gasteiger partial charge in [-0.3, -0.25) is 19.7 Å². The topological polar surface area (TPSA) is 83.6 Å². The van der Waals surface area contributed by atoms with Gasteiger partial charge in [-0.15, -0.1) is 0 Å². The smallest absolute Gasteiger partial charge is 0.260 e. The van der Waals surface area contributed by atoms with Crippen LogP contribution in [-0.4, -0.2) is 58.8 Å². The molecule has 0 radical (unpaired) electrons. The van der Waals surface area contributed by atoms with Crippen LogP contribution in [0.2, 0.25) is 0 Å². The van der Waals surface area contributed by atoms with Crippen LogP contribution in [0.4, 0.5) is 5.95 Å². The lowest BCUT2D eigenvalue weighted by Gasteiger charge is -2.32. The van der Waals surface area contributed by atoms with Gasteiger partial charge in [0.1, 0.15) is 5.75 Å². The summed E-state index contributed by atoms with van der Waals surface area (Å²) in [6.07, 6.45) is 6.60. The number of nitrogens with zero attached hydrogens (tertiary/aromatic N) is 4. The van der Waals surface area contributed by atoms with Crippen molar-refractivity contribution in [3.8, 4) is 5.75 Å². The van der Waals surface area contributed by atoms with Gasteiger partial charge in [0, 0.05) is 44.5 Å². The third-order valence-corrected chi connectivity index (χ3v) is 7.95. The number of anilines is 1. The van der Waals surface area contributed by atoms with Crippen molar-refractivity contribution in [3.05, 3.63) is 57.1 Å². The minimum Gasteiger partial charge on any atom is -0.497 e. The Hall–Kier alpha value is -2.97. The van der Waals surface area contributed by atoms with Crippen molar-refractivity contribution in [1.82, 2.24) is 19.9 Å². The second kappa shape index (κ2) is 7.78. The molecule has 5 heterocycles. The molecule has 176 valence electrons. The summed E-state index contributed by atoms with van der Waals surface area (Å²) in [7, 11) is 1.67. The number of hydrogen-bond donors (Lipinski definition) is 1. The van der Waals surface area contributed by atoms with Crippen LogP contribution in [0.15, 0.2) is 29.2 Å². The van der Waals surface area contributed by atoms with Crippen molar-refractivity contribution < 1.29 is 9.47 Å². The summed E-state index contributed by atoms with van der Waals surface area (Å²) in [5, 5.41) is 0.708. The van der Waals surface area contributed by atoms with Crippen LogP contribution < -0.4 is 15.2 Å². The predicted octanol–water partition coefficient (Wildman–Crippen LogP) is 2.74. The number of rotatable bonds is 5. The third kappa shape index (κ3) is 3.39. The van der Waals surface area contributed by atoms with Gasteiger partial charge in [0.2, 0.25) is 5.95 Å². The minimum absolute atomic E-state index is 0.0583. The van der Waals surface area contributed by atoms with E-state index in [9.17, 15) is 4.79 Å². The molecule has 34 heavy (non-hydrogen) atoms. The number of hydrogen-bond acceptors (Lipinski definition) is 7. The average Bonchev–Trinajstić information content (AvgIpc) is 3.50. The van der Waals surface area contributed by atoms with Crippen LogP contribution in [0.1, 0.15) is 47.6 Å². The summed E-state index contributed by atoms with van der Waals surface area (Å²) in [6, 6.07) is 6.53. The lowest BCUT2D eigenvalue weighted by molar-refractivity contribution is 0.0267. The summed E-state index contributed by atoms with van der Waals surface area (Å²) in [5.41, 5.74) is 5.52. The van der Waals surface area contributed by atoms with Crippen molar-refractivity contribution in [1.29, 1.82) is 0 Å². The van der Waals surface area contributed by atoms with Crippen molar-refractivity contribution in [3.63, 3.8) is 0 Å². The van der Waals surface area contributed by atoms with Crippen LogP contribution in [0.25, 0.3) is 10.9 Å². The van der Waals surface area contributed by atoms with E-state index in [0.717, 1.165) is 63.2 Å². The maximum Gasteiger partial charge on any atom is 0.260 e. The Balaban J connectivity index is 1.19. The Morgan fingerprint density at radius 3 is 2.97 bits per heavy atom. The molecule has 0 spiro atoms. The number of fused-ring (bicyclic) bond motifs is 4.